The van der Waals surface area contributed by atoms with Gasteiger partial charge in [0.1, 0.15) is 5.82 Å². The first kappa shape index (κ1) is 28.1. The highest BCUT2D eigenvalue weighted by molar-refractivity contribution is 6.31. The highest BCUT2D eigenvalue weighted by Gasteiger charge is 2.62. The van der Waals surface area contributed by atoms with Gasteiger partial charge in [-0.3, -0.25) is 14.5 Å². The van der Waals surface area contributed by atoms with Crippen molar-refractivity contribution in [2.24, 2.45) is 11.3 Å². The molecule has 1 fully saturated rings. The summed E-state index contributed by atoms with van der Waals surface area (Å²) < 4.78 is 21.2. The standard InChI is InChI=1S/C30H34Cl2FN3O3/c1-29(2,3)17-18-15-21(27(37)34-9-10-36-11-13-39-14-12-36)25(20-5-4-6-23(32)26(20)33)30(18)22-8-7-19(31)16-24(22)35-28(30)38/h4-8,15-16,18,25H,9-14,17H2,1-3H3,(H,34,37)(H,35,38)/t18-,25+,30+/m1/s1. The summed E-state index contributed by atoms with van der Waals surface area (Å²) in [5, 5.41) is 6.48. The van der Waals surface area contributed by atoms with Crippen molar-refractivity contribution < 1.29 is 18.7 Å². The number of ether oxygens (including phenoxy) is 1. The van der Waals surface area contributed by atoms with Gasteiger partial charge >= 0.3 is 0 Å². The van der Waals surface area contributed by atoms with Crippen LogP contribution in [0.2, 0.25) is 10.0 Å². The Hall–Kier alpha value is -2.45. The molecule has 1 aliphatic carbocycles. The summed E-state index contributed by atoms with van der Waals surface area (Å²) in [6.45, 7) is 10.4. The second-order valence-corrected chi connectivity index (χ2v) is 12.6. The molecule has 2 aromatic rings. The fraction of sp³-hybridized carbons (Fsp3) is 0.467. The van der Waals surface area contributed by atoms with Crippen LogP contribution in [-0.4, -0.2) is 56.1 Å². The molecule has 0 radical (unpaired) electrons. The third kappa shape index (κ3) is 5.22. The Morgan fingerprint density at radius 2 is 1.95 bits per heavy atom. The number of halogens is 3. The van der Waals surface area contributed by atoms with Gasteiger partial charge in [-0.05, 0) is 47.1 Å². The van der Waals surface area contributed by atoms with E-state index < -0.39 is 17.2 Å². The Morgan fingerprint density at radius 3 is 2.67 bits per heavy atom. The van der Waals surface area contributed by atoms with Crippen LogP contribution < -0.4 is 10.6 Å². The number of benzene rings is 2. The van der Waals surface area contributed by atoms with E-state index in [2.05, 4.69) is 36.3 Å². The molecule has 5 rings (SSSR count). The number of allylic oxidation sites excluding steroid dienone is 1. The number of nitrogens with zero attached hydrogens (tertiary/aromatic N) is 1. The zero-order valence-corrected chi connectivity index (χ0v) is 24.0. The molecule has 208 valence electrons. The van der Waals surface area contributed by atoms with E-state index in [1.54, 1.807) is 24.3 Å². The lowest BCUT2D eigenvalue weighted by molar-refractivity contribution is -0.123. The molecule has 2 aliphatic heterocycles. The molecule has 3 aliphatic rings. The minimum Gasteiger partial charge on any atom is -0.379 e. The van der Waals surface area contributed by atoms with Crippen LogP contribution in [0.3, 0.4) is 0 Å². The third-order valence-corrected chi connectivity index (χ3v) is 8.51. The third-order valence-electron chi connectivity index (χ3n) is 7.99. The van der Waals surface area contributed by atoms with Crippen molar-refractivity contribution in [2.45, 2.75) is 38.5 Å². The van der Waals surface area contributed by atoms with Crippen LogP contribution in [0.5, 0.6) is 0 Å². The first-order valence-electron chi connectivity index (χ1n) is 13.4. The monoisotopic (exact) mass is 573 g/mol. The number of rotatable bonds is 6. The van der Waals surface area contributed by atoms with Gasteiger partial charge in [0.2, 0.25) is 11.8 Å². The predicted octanol–water partition coefficient (Wildman–Crippen LogP) is 5.55. The van der Waals surface area contributed by atoms with Gasteiger partial charge in [-0.2, -0.15) is 0 Å². The summed E-state index contributed by atoms with van der Waals surface area (Å²) in [7, 11) is 0. The van der Waals surface area contributed by atoms with E-state index in [1.807, 2.05) is 12.1 Å². The van der Waals surface area contributed by atoms with E-state index in [0.29, 0.717) is 54.6 Å². The number of hydrogen-bond acceptors (Lipinski definition) is 4. The maximum absolute atomic E-state index is 15.8. The molecule has 2 heterocycles. The molecule has 1 spiro atoms. The topological polar surface area (TPSA) is 70.7 Å². The van der Waals surface area contributed by atoms with Gasteiger partial charge in [-0.15, -0.1) is 0 Å². The van der Waals surface area contributed by atoms with Gasteiger partial charge in [-0.1, -0.05) is 68.2 Å². The van der Waals surface area contributed by atoms with Crippen LogP contribution in [0.1, 0.15) is 44.2 Å². The number of carbonyl (C=O) groups excluding carboxylic acids is 2. The second-order valence-electron chi connectivity index (χ2n) is 11.8. The molecule has 9 heteroatoms. The molecule has 39 heavy (non-hydrogen) atoms. The van der Waals surface area contributed by atoms with E-state index in [9.17, 15) is 9.59 Å². The summed E-state index contributed by atoms with van der Waals surface area (Å²) >= 11 is 12.5. The van der Waals surface area contributed by atoms with Crippen LogP contribution in [0.4, 0.5) is 10.1 Å². The quantitative estimate of drug-likeness (QED) is 0.475. The maximum atomic E-state index is 15.8. The summed E-state index contributed by atoms with van der Waals surface area (Å²) in [6.07, 6.45) is 2.50. The van der Waals surface area contributed by atoms with Crippen LogP contribution >= 0.6 is 23.2 Å². The smallest absolute Gasteiger partial charge is 0.247 e. The lowest BCUT2D eigenvalue weighted by Gasteiger charge is -2.39. The number of nitrogens with one attached hydrogen (secondary N) is 2. The maximum Gasteiger partial charge on any atom is 0.247 e. The number of amides is 2. The highest BCUT2D eigenvalue weighted by atomic mass is 35.5. The van der Waals surface area contributed by atoms with Gasteiger partial charge in [-0.25, -0.2) is 4.39 Å². The molecule has 0 unspecified atom stereocenters. The minimum absolute atomic E-state index is 0.0521. The lowest BCUT2D eigenvalue weighted by Crippen LogP contribution is -2.46. The summed E-state index contributed by atoms with van der Waals surface area (Å²) in [5.74, 6) is -2.45. The first-order valence-corrected chi connectivity index (χ1v) is 14.1. The first-order chi connectivity index (χ1) is 18.5. The van der Waals surface area contributed by atoms with Gasteiger partial charge in [0.25, 0.3) is 0 Å². The molecular formula is C30H34Cl2FN3O3. The van der Waals surface area contributed by atoms with Gasteiger partial charge < -0.3 is 15.4 Å². The fourth-order valence-corrected chi connectivity index (χ4v) is 6.74. The van der Waals surface area contributed by atoms with E-state index in [-0.39, 0.29) is 33.7 Å². The SMILES string of the molecule is CC(C)(C)C[C@H]1C=C(C(=O)NCCN2CCOCC2)[C@H](c2cccc(Cl)c2F)[C@]12C(=O)Nc1cc(Cl)ccc12. The molecular weight excluding hydrogens is 540 g/mol. The molecule has 2 N–H and O–H groups in total. The Labute approximate surface area is 238 Å². The van der Waals surface area contributed by atoms with Crippen molar-refractivity contribution >= 4 is 40.7 Å². The average molecular weight is 575 g/mol. The fourth-order valence-electron chi connectivity index (χ4n) is 6.38. The summed E-state index contributed by atoms with van der Waals surface area (Å²) in [5.41, 5.74) is 0.486. The van der Waals surface area contributed by atoms with E-state index >= 15 is 4.39 Å². The zero-order valence-electron chi connectivity index (χ0n) is 22.5. The Balaban J connectivity index is 1.61. The van der Waals surface area contributed by atoms with Crippen molar-refractivity contribution in [2.75, 3.05) is 44.7 Å². The number of anilines is 1. The van der Waals surface area contributed by atoms with Gasteiger partial charge in [0.15, 0.2) is 0 Å². The number of hydrogen-bond donors (Lipinski definition) is 2. The molecule has 2 amide bonds. The predicted molar refractivity (Wildman–Crippen MR) is 152 cm³/mol. The Kier molecular flexibility index (Phi) is 7.81. The van der Waals surface area contributed by atoms with Gasteiger partial charge in [0.05, 0.1) is 23.7 Å². The molecule has 0 bridgehead atoms. The van der Waals surface area contributed by atoms with Crippen molar-refractivity contribution in [3.63, 3.8) is 0 Å². The van der Waals surface area contributed by atoms with Crippen molar-refractivity contribution in [3.8, 4) is 0 Å². The van der Waals surface area contributed by atoms with Crippen molar-refractivity contribution in [1.82, 2.24) is 10.2 Å². The number of carbonyl (C=O) groups is 2. The highest BCUT2D eigenvalue weighted by Crippen LogP contribution is 2.61. The Morgan fingerprint density at radius 1 is 1.21 bits per heavy atom. The summed E-state index contributed by atoms with van der Waals surface area (Å²) in [4.78, 5) is 30.2. The average Bonchev–Trinajstić information content (AvgIpc) is 3.35. The molecule has 6 nitrogen and oxygen atoms in total. The Bertz CT molecular complexity index is 1320. The second kappa shape index (κ2) is 10.8. The zero-order chi connectivity index (χ0) is 27.9. The summed E-state index contributed by atoms with van der Waals surface area (Å²) in [6, 6.07) is 10.0. The molecule has 1 saturated heterocycles. The largest absolute Gasteiger partial charge is 0.379 e. The molecule has 3 atom stereocenters. The van der Waals surface area contributed by atoms with Crippen molar-refractivity contribution in [3.05, 3.63) is 75.0 Å². The number of morpholine rings is 1. The van der Waals surface area contributed by atoms with Crippen molar-refractivity contribution in [1.29, 1.82) is 0 Å². The van der Waals surface area contributed by atoms with Crippen LogP contribution in [0, 0.1) is 17.2 Å². The van der Waals surface area contributed by atoms with E-state index in [0.717, 1.165) is 13.1 Å². The van der Waals surface area contributed by atoms with Crippen LogP contribution in [0.15, 0.2) is 48.0 Å². The van der Waals surface area contributed by atoms with Crippen LogP contribution in [-0.2, 0) is 19.7 Å². The number of fused-ring (bicyclic) bond motifs is 2. The van der Waals surface area contributed by atoms with E-state index in [4.69, 9.17) is 27.9 Å². The molecule has 2 aromatic carbocycles. The van der Waals surface area contributed by atoms with E-state index in [1.165, 1.54) is 6.07 Å². The van der Waals surface area contributed by atoms with Gasteiger partial charge in [0, 0.05) is 48.4 Å². The molecule has 0 saturated carbocycles. The lowest BCUT2D eigenvalue weighted by atomic mass is 9.61. The molecule has 0 aromatic heterocycles. The normalized spacial score (nSPS) is 25.0. The van der Waals surface area contributed by atoms with Crippen LogP contribution in [0.25, 0.3) is 0 Å². The minimum atomic E-state index is -1.24.